The van der Waals surface area contributed by atoms with Crippen LogP contribution >= 0.6 is 11.3 Å². The van der Waals surface area contributed by atoms with Gasteiger partial charge in [-0.1, -0.05) is 23.5 Å². The molecule has 2 aromatic carbocycles. The molecule has 1 aliphatic heterocycles. The van der Waals surface area contributed by atoms with Gasteiger partial charge in [0.05, 0.1) is 12.0 Å². The lowest BCUT2D eigenvalue weighted by Gasteiger charge is -2.37. The second-order valence-corrected chi connectivity index (χ2v) is 11.1. The fraction of sp³-hybridized carbons (Fsp3) is 0.414. The normalized spacial score (nSPS) is 16.3. The van der Waals surface area contributed by atoms with Gasteiger partial charge in [-0.15, -0.1) is 0 Å². The van der Waals surface area contributed by atoms with Gasteiger partial charge in [0.15, 0.2) is 0 Å². The van der Waals surface area contributed by atoms with E-state index in [-0.39, 0.29) is 18.4 Å². The number of hydrogen-bond donors (Lipinski definition) is 1. The van der Waals surface area contributed by atoms with E-state index in [2.05, 4.69) is 4.74 Å². The van der Waals surface area contributed by atoms with E-state index in [4.69, 9.17) is 14.2 Å². The summed E-state index contributed by atoms with van der Waals surface area (Å²) in [6.07, 6.45) is 1.85. The zero-order valence-corrected chi connectivity index (χ0v) is 23.8. The SMILES string of the molecule is COC(=O)Cn1c(O)c(Cc2ccc(OCC3(C)CCc4c(C)c(OC(C)=O)c(C)c(C)c4O3)cc2)sc1=O. The van der Waals surface area contributed by atoms with Crippen LogP contribution in [0.4, 0.5) is 0 Å². The Morgan fingerprint density at radius 1 is 1.13 bits per heavy atom. The lowest BCUT2D eigenvalue weighted by Crippen LogP contribution is -2.42. The average molecular weight is 556 g/mol. The van der Waals surface area contributed by atoms with Gasteiger partial charge in [0.1, 0.15) is 36.0 Å². The third-order valence-electron chi connectivity index (χ3n) is 7.09. The maximum absolute atomic E-state index is 12.2. The highest BCUT2D eigenvalue weighted by molar-refractivity contribution is 7.09. The minimum absolute atomic E-state index is 0.223. The zero-order valence-electron chi connectivity index (χ0n) is 23.0. The van der Waals surface area contributed by atoms with Crippen molar-refractivity contribution < 1.29 is 33.6 Å². The van der Waals surface area contributed by atoms with Crippen molar-refractivity contribution >= 4 is 23.3 Å². The van der Waals surface area contributed by atoms with Gasteiger partial charge in [-0.05, 0) is 74.9 Å². The van der Waals surface area contributed by atoms with Gasteiger partial charge in [0, 0.05) is 18.9 Å². The number of carbonyl (C=O) groups is 2. The third kappa shape index (κ3) is 5.95. The van der Waals surface area contributed by atoms with Crippen molar-refractivity contribution in [1.29, 1.82) is 0 Å². The molecular formula is C29H33NO8S. The van der Waals surface area contributed by atoms with Gasteiger partial charge in [-0.3, -0.25) is 19.0 Å². The van der Waals surface area contributed by atoms with Gasteiger partial charge in [0.2, 0.25) is 5.88 Å². The molecule has 0 bridgehead atoms. The van der Waals surface area contributed by atoms with Crippen LogP contribution < -0.4 is 19.1 Å². The number of aromatic hydroxyl groups is 1. The first kappa shape index (κ1) is 28.2. The van der Waals surface area contributed by atoms with Crippen molar-refractivity contribution in [2.45, 2.75) is 66.0 Å². The van der Waals surface area contributed by atoms with Crippen LogP contribution in [0.5, 0.6) is 23.1 Å². The number of ether oxygens (including phenoxy) is 4. The number of methoxy groups -OCH3 is 1. The van der Waals surface area contributed by atoms with E-state index in [1.807, 2.05) is 52.0 Å². The van der Waals surface area contributed by atoms with E-state index in [1.54, 1.807) is 0 Å². The van der Waals surface area contributed by atoms with Crippen LogP contribution in [-0.4, -0.2) is 40.9 Å². The number of hydrogen-bond acceptors (Lipinski definition) is 9. The van der Waals surface area contributed by atoms with E-state index < -0.39 is 16.4 Å². The van der Waals surface area contributed by atoms with E-state index in [1.165, 1.54) is 14.0 Å². The highest BCUT2D eigenvalue weighted by Gasteiger charge is 2.36. The lowest BCUT2D eigenvalue weighted by atomic mass is 9.87. The van der Waals surface area contributed by atoms with Gasteiger partial charge >= 0.3 is 16.8 Å². The molecule has 39 heavy (non-hydrogen) atoms. The molecule has 9 nitrogen and oxygen atoms in total. The zero-order chi connectivity index (χ0) is 28.5. The summed E-state index contributed by atoms with van der Waals surface area (Å²) in [5, 5.41) is 10.4. The number of aromatic nitrogens is 1. The first-order chi connectivity index (χ1) is 18.4. The van der Waals surface area contributed by atoms with Crippen LogP contribution in [0.3, 0.4) is 0 Å². The summed E-state index contributed by atoms with van der Waals surface area (Å²) in [6.45, 7) is 9.31. The lowest BCUT2D eigenvalue weighted by molar-refractivity contribution is -0.141. The molecule has 2 heterocycles. The van der Waals surface area contributed by atoms with Crippen molar-refractivity contribution in [2.24, 2.45) is 0 Å². The molecule has 1 N–H and O–H groups in total. The number of benzene rings is 2. The predicted molar refractivity (Wildman–Crippen MR) is 146 cm³/mol. The summed E-state index contributed by atoms with van der Waals surface area (Å²) >= 11 is 0.899. The molecule has 0 saturated carbocycles. The number of fused-ring (bicyclic) bond motifs is 1. The molecule has 1 aromatic heterocycles. The maximum atomic E-state index is 12.2. The summed E-state index contributed by atoms with van der Waals surface area (Å²) in [5.74, 6) is 0.938. The summed E-state index contributed by atoms with van der Waals surface area (Å²) in [6, 6.07) is 7.42. The molecule has 3 aromatic rings. The minimum atomic E-state index is -0.607. The van der Waals surface area contributed by atoms with Gasteiger partial charge < -0.3 is 24.1 Å². The summed E-state index contributed by atoms with van der Waals surface area (Å²) in [4.78, 5) is 35.3. The molecule has 1 aliphatic rings. The van der Waals surface area contributed by atoms with Crippen molar-refractivity contribution in [1.82, 2.24) is 4.57 Å². The van der Waals surface area contributed by atoms with Gasteiger partial charge in [-0.25, -0.2) is 0 Å². The van der Waals surface area contributed by atoms with E-state index >= 15 is 0 Å². The minimum Gasteiger partial charge on any atom is -0.494 e. The van der Waals surface area contributed by atoms with Crippen LogP contribution in [0.25, 0.3) is 0 Å². The number of carbonyl (C=O) groups excluding carboxylic acids is 2. The Balaban J connectivity index is 1.43. The standard InChI is InChI=1S/C29H33NO8S/c1-16-17(2)26-22(18(3)25(16)37-19(4)31)11-12-29(5,38-26)15-36-21-9-7-20(8-10-21)13-23-27(33)30(28(34)39-23)14-24(32)35-6/h7-10,33H,11-15H2,1-6H3. The molecule has 4 rings (SSSR count). The molecule has 0 spiro atoms. The van der Waals surface area contributed by atoms with E-state index in [0.29, 0.717) is 29.4 Å². The maximum Gasteiger partial charge on any atom is 0.325 e. The van der Waals surface area contributed by atoms with Crippen molar-refractivity contribution in [2.75, 3.05) is 13.7 Å². The monoisotopic (exact) mass is 555 g/mol. The first-order valence-electron chi connectivity index (χ1n) is 12.6. The van der Waals surface area contributed by atoms with E-state index in [0.717, 1.165) is 62.3 Å². The summed E-state index contributed by atoms with van der Waals surface area (Å²) < 4.78 is 23.7. The number of esters is 2. The smallest absolute Gasteiger partial charge is 0.325 e. The van der Waals surface area contributed by atoms with Crippen LogP contribution in [-0.2, 0) is 33.7 Å². The van der Waals surface area contributed by atoms with Crippen LogP contribution in [0.1, 0.15) is 53.0 Å². The van der Waals surface area contributed by atoms with Gasteiger partial charge in [0.25, 0.3) is 0 Å². The number of rotatable bonds is 8. The second kappa shape index (κ2) is 11.1. The largest absolute Gasteiger partial charge is 0.494 e. The van der Waals surface area contributed by atoms with Gasteiger partial charge in [-0.2, -0.15) is 0 Å². The van der Waals surface area contributed by atoms with Crippen LogP contribution in [0, 0.1) is 20.8 Å². The van der Waals surface area contributed by atoms with Crippen molar-refractivity contribution in [3.8, 4) is 23.1 Å². The summed E-state index contributed by atoms with van der Waals surface area (Å²) in [7, 11) is 1.23. The molecule has 1 unspecified atom stereocenters. The highest BCUT2D eigenvalue weighted by Crippen LogP contribution is 2.44. The Morgan fingerprint density at radius 3 is 2.46 bits per heavy atom. The molecule has 208 valence electrons. The second-order valence-electron chi connectivity index (χ2n) is 10.0. The molecule has 0 aliphatic carbocycles. The Hall–Kier alpha value is -3.79. The Morgan fingerprint density at radius 2 is 1.82 bits per heavy atom. The molecule has 0 fully saturated rings. The fourth-order valence-corrected chi connectivity index (χ4v) is 5.61. The quantitative estimate of drug-likeness (QED) is 0.322. The predicted octanol–water partition coefficient (Wildman–Crippen LogP) is 4.39. The van der Waals surface area contributed by atoms with E-state index in [9.17, 15) is 19.5 Å². The average Bonchev–Trinajstić information content (AvgIpc) is 3.16. The van der Waals surface area contributed by atoms with Crippen molar-refractivity contribution in [3.05, 3.63) is 66.6 Å². The van der Waals surface area contributed by atoms with Crippen molar-refractivity contribution in [3.63, 3.8) is 0 Å². The molecular weight excluding hydrogens is 522 g/mol. The summed E-state index contributed by atoms with van der Waals surface area (Å²) in [5.41, 5.74) is 4.16. The topological polar surface area (TPSA) is 113 Å². The van der Waals surface area contributed by atoms with Crippen LogP contribution in [0.15, 0.2) is 29.1 Å². The first-order valence-corrected chi connectivity index (χ1v) is 13.4. The number of thiazole rings is 1. The fourth-order valence-electron chi connectivity index (χ4n) is 4.70. The molecule has 1 atom stereocenters. The Labute approximate surface area is 230 Å². The number of nitrogens with zero attached hydrogens (tertiary/aromatic N) is 1. The molecule has 0 saturated heterocycles. The highest BCUT2D eigenvalue weighted by atomic mass is 32.1. The van der Waals surface area contributed by atoms with Crippen LogP contribution in [0.2, 0.25) is 0 Å². The molecule has 10 heteroatoms. The molecule has 0 radical (unpaired) electrons. The Bertz CT molecular complexity index is 1470. The molecule has 0 amide bonds. The third-order valence-corrected chi connectivity index (χ3v) is 8.06. The Kier molecular flexibility index (Phi) is 8.06.